The van der Waals surface area contributed by atoms with Crippen molar-refractivity contribution in [1.29, 1.82) is 0 Å². The van der Waals surface area contributed by atoms with Gasteiger partial charge in [0.1, 0.15) is 0 Å². The van der Waals surface area contributed by atoms with E-state index in [0.29, 0.717) is 24.5 Å². The Morgan fingerprint density at radius 2 is 2.12 bits per heavy atom. The van der Waals surface area contributed by atoms with E-state index in [9.17, 15) is 4.79 Å². The summed E-state index contributed by atoms with van der Waals surface area (Å²) in [5.41, 5.74) is 6.03. The average Bonchev–Trinajstić information content (AvgIpc) is 2.33. The van der Waals surface area contributed by atoms with E-state index in [0.717, 1.165) is 13.1 Å². The largest absolute Gasteiger partial charge is 0.342 e. The number of aromatic amines is 1. The topological polar surface area (TPSA) is 75.0 Å². The summed E-state index contributed by atoms with van der Waals surface area (Å²) < 4.78 is 0. The third-order valence-electron chi connectivity index (χ3n) is 2.93. The molecule has 3 N–H and O–H groups in total. The van der Waals surface area contributed by atoms with Crippen molar-refractivity contribution in [3.63, 3.8) is 0 Å². The first-order valence-electron chi connectivity index (χ1n) is 5.84. The minimum absolute atomic E-state index is 0.0546. The lowest BCUT2D eigenvalue weighted by Gasteiger charge is -2.26. The van der Waals surface area contributed by atoms with Gasteiger partial charge in [-0.15, -0.1) is 0 Å². The van der Waals surface area contributed by atoms with Crippen LogP contribution in [0.25, 0.3) is 0 Å². The van der Waals surface area contributed by atoms with Crippen molar-refractivity contribution in [2.45, 2.75) is 25.7 Å². The first kappa shape index (κ1) is 11.1. The maximum absolute atomic E-state index is 11.7. The summed E-state index contributed by atoms with van der Waals surface area (Å²) >= 11 is 0. The highest BCUT2D eigenvalue weighted by Crippen LogP contribution is 2.13. The summed E-state index contributed by atoms with van der Waals surface area (Å²) in [6, 6.07) is 0. The second-order valence-electron chi connectivity index (χ2n) is 4.15. The number of aromatic nitrogens is 2. The molecule has 16 heavy (non-hydrogen) atoms. The highest BCUT2D eigenvalue weighted by Gasteiger charge is 2.13. The second-order valence-corrected chi connectivity index (χ2v) is 4.15. The monoisotopic (exact) mass is 222 g/mol. The summed E-state index contributed by atoms with van der Waals surface area (Å²) in [6.07, 6.45) is 5.85. The quantitative estimate of drug-likeness (QED) is 0.769. The Bertz CT molecular complexity index is 395. The number of nitrogens with one attached hydrogen (secondary N) is 1. The lowest BCUT2D eigenvalue weighted by molar-refractivity contribution is 0.567. The van der Waals surface area contributed by atoms with Crippen LogP contribution in [0, 0.1) is 0 Å². The van der Waals surface area contributed by atoms with E-state index in [-0.39, 0.29) is 5.56 Å². The minimum Gasteiger partial charge on any atom is -0.342 e. The van der Waals surface area contributed by atoms with Gasteiger partial charge in [0.15, 0.2) is 0 Å². The minimum atomic E-state index is -0.0546. The van der Waals surface area contributed by atoms with Gasteiger partial charge in [-0.1, -0.05) is 0 Å². The van der Waals surface area contributed by atoms with Crippen LogP contribution in [-0.2, 0) is 6.42 Å². The SMILES string of the molecule is NCCc1cnc(N2CCCCC2)[nH]c1=O. The van der Waals surface area contributed by atoms with Gasteiger partial charge in [0.2, 0.25) is 5.95 Å². The van der Waals surface area contributed by atoms with Crippen LogP contribution in [0.5, 0.6) is 0 Å². The van der Waals surface area contributed by atoms with Gasteiger partial charge in [-0.2, -0.15) is 0 Å². The molecule has 0 saturated carbocycles. The Balaban J connectivity index is 2.16. The van der Waals surface area contributed by atoms with Gasteiger partial charge >= 0.3 is 0 Å². The van der Waals surface area contributed by atoms with Crippen molar-refractivity contribution in [1.82, 2.24) is 9.97 Å². The molecule has 0 aliphatic carbocycles. The van der Waals surface area contributed by atoms with E-state index in [1.54, 1.807) is 6.20 Å². The number of rotatable bonds is 3. The van der Waals surface area contributed by atoms with Gasteiger partial charge in [0, 0.05) is 24.8 Å². The number of piperidine rings is 1. The molecule has 2 rings (SSSR count). The molecule has 1 aliphatic heterocycles. The van der Waals surface area contributed by atoms with E-state index in [1.165, 1.54) is 19.3 Å². The van der Waals surface area contributed by atoms with E-state index in [2.05, 4.69) is 14.9 Å². The third kappa shape index (κ3) is 2.41. The summed E-state index contributed by atoms with van der Waals surface area (Å²) in [5.74, 6) is 0.700. The Labute approximate surface area is 94.7 Å². The molecular weight excluding hydrogens is 204 g/mol. The highest BCUT2D eigenvalue weighted by atomic mass is 16.1. The number of anilines is 1. The number of hydrogen-bond acceptors (Lipinski definition) is 4. The van der Waals surface area contributed by atoms with Crippen molar-refractivity contribution in [2.75, 3.05) is 24.5 Å². The normalized spacial score (nSPS) is 16.4. The Morgan fingerprint density at radius 3 is 2.75 bits per heavy atom. The number of hydrogen-bond donors (Lipinski definition) is 2. The molecule has 5 heteroatoms. The van der Waals surface area contributed by atoms with E-state index < -0.39 is 0 Å². The lowest BCUT2D eigenvalue weighted by Crippen LogP contribution is -2.33. The maximum Gasteiger partial charge on any atom is 0.255 e. The lowest BCUT2D eigenvalue weighted by atomic mass is 10.1. The second kappa shape index (κ2) is 5.12. The molecule has 2 heterocycles. The summed E-state index contributed by atoms with van der Waals surface area (Å²) in [4.78, 5) is 21.0. The Hall–Kier alpha value is -1.36. The predicted octanol–water partition coefficient (Wildman–Crippen LogP) is 0.261. The van der Waals surface area contributed by atoms with Crippen LogP contribution >= 0.6 is 0 Å². The number of nitrogens with two attached hydrogens (primary N) is 1. The van der Waals surface area contributed by atoms with Gasteiger partial charge in [-0.25, -0.2) is 4.98 Å². The molecule has 1 aromatic rings. The molecule has 1 aliphatic rings. The molecule has 5 nitrogen and oxygen atoms in total. The van der Waals surface area contributed by atoms with Crippen molar-refractivity contribution in [2.24, 2.45) is 5.73 Å². The first-order chi connectivity index (χ1) is 7.81. The average molecular weight is 222 g/mol. The van der Waals surface area contributed by atoms with Crippen LogP contribution < -0.4 is 16.2 Å². The van der Waals surface area contributed by atoms with Crippen molar-refractivity contribution in [3.8, 4) is 0 Å². The molecule has 0 radical (unpaired) electrons. The number of H-pyrrole nitrogens is 1. The highest BCUT2D eigenvalue weighted by molar-refractivity contribution is 5.30. The molecule has 1 saturated heterocycles. The third-order valence-corrected chi connectivity index (χ3v) is 2.93. The fourth-order valence-corrected chi connectivity index (χ4v) is 2.01. The fraction of sp³-hybridized carbons (Fsp3) is 0.636. The standard InChI is InChI=1S/C11H18N4O/c12-5-4-9-8-13-11(14-10(9)16)15-6-2-1-3-7-15/h8H,1-7,12H2,(H,13,14,16). The maximum atomic E-state index is 11.7. The molecule has 1 fully saturated rings. The van der Waals surface area contributed by atoms with Crippen LogP contribution in [0.2, 0.25) is 0 Å². The van der Waals surface area contributed by atoms with Crippen LogP contribution in [0.4, 0.5) is 5.95 Å². The van der Waals surface area contributed by atoms with Crippen molar-refractivity contribution >= 4 is 5.95 Å². The predicted molar refractivity (Wildman–Crippen MR) is 63.7 cm³/mol. The van der Waals surface area contributed by atoms with Gasteiger partial charge in [0.05, 0.1) is 0 Å². The van der Waals surface area contributed by atoms with Crippen LogP contribution in [0.15, 0.2) is 11.0 Å². The zero-order chi connectivity index (χ0) is 11.4. The molecule has 0 unspecified atom stereocenters. The molecular formula is C11H18N4O. The van der Waals surface area contributed by atoms with E-state index in [1.807, 2.05) is 0 Å². The Kier molecular flexibility index (Phi) is 3.56. The smallest absolute Gasteiger partial charge is 0.255 e. The van der Waals surface area contributed by atoms with Crippen molar-refractivity contribution in [3.05, 3.63) is 22.1 Å². The molecule has 1 aromatic heterocycles. The molecule has 0 spiro atoms. The molecule has 0 aromatic carbocycles. The van der Waals surface area contributed by atoms with Gasteiger partial charge in [-0.05, 0) is 32.2 Å². The zero-order valence-electron chi connectivity index (χ0n) is 9.41. The zero-order valence-corrected chi connectivity index (χ0v) is 9.41. The fourth-order valence-electron chi connectivity index (χ4n) is 2.01. The summed E-state index contributed by atoms with van der Waals surface area (Å²) in [5, 5.41) is 0. The van der Waals surface area contributed by atoms with Crippen LogP contribution in [-0.4, -0.2) is 29.6 Å². The Morgan fingerprint density at radius 1 is 1.38 bits per heavy atom. The van der Waals surface area contributed by atoms with Crippen LogP contribution in [0.3, 0.4) is 0 Å². The van der Waals surface area contributed by atoms with Gasteiger partial charge < -0.3 is 10.6 Å². The molecule has 0 amide bonds. The van der Waals surface area contributed by atoms with Gasteiger partial charge in [0.25, 0.3) is 5.56 Å². The van der Waals surface area contributed by atoms with E-state index in [4.69, 9.17) is 5.73 Å². The van der Waals surface area contributed by atoms with E-state index >= 15 is 0 Å². The molecule has 88 valence electrons. The summed E-state index contributed by atoms with van der Waals surface area (Å²) in [6.45, 7) is 2.45. The molecule has 0 atom stereocenters. The van der Waals surface area contributed by atoms with Gasteiger partial charge in [-0.3, -0.25) is 9.78 Å². The summed E-state index contributed by atoms with van der Waals surface area (Å²) in [7, 11) is 0. The molecule has 0 bridgehead atoms. The first-order valence-corrected chi connectivity index (χ1v) is 5.84. The van der Waals surface area contributed by atoms with Crippen molar-refractivity contribution < 1.29 is 0 Å². The number of nitrogens with zero attached hydrogens (tertiary/aromatic N) is 2. The van der Waals surface area contributed by atoms with Crippen LogP contribution in [0.1, 0.15) is 24.8 Å².